The second-order valence-corrected chi connectivity index (χ2v) is 15.3. The fraction of sp³-hybridized carbons (Fsp3) is 0.450. The topological polar surface area (TPSA) is 229 Å². The lowest BCUT2D eigenvalue weighted by atomic mass is 9.73. The molecule has 6 aliphatic rings. The van der Waals surface area contributed by atoms with Gasteiger partial charge in [0.05, 0.1) is 37.5 Å². The lowest BCUT2D eigenvalue weighted by Crippen LogP contribution is -2.54. The van der Waals surface area contributed by atoms with Crippen LogP contribution in [0.1, 0.15) is 49.0 Å². The number of nitrogens with zero attached hydrogens (tertiary/aromatic N) is 4. The van der Waals surface area contributed by atoms with Gasteiger partial charge in [0.1, 0.15) is 11.5 Å². The molecule has 2 aromatic carbocycles. The lowest BCUT2D eigenvalue weighted by Gasteiger charge is -2.50. The molecule has 4 aromatic rings. The first-order valence-corrected chi connectivity index (χ1v) is 19.5. The molecule has 14 nitrogen and oxygen atoms in total. The fourth-order valence-electron chi connectivity index (χ4n) is 8.89. The van der Waals surface area contributed by atoms with E-state index in [0.717, 1.165) is 83.5 Å². The van der Waals surface area contributed by atoms with Crippen LogP contribution in [-0.2, 0) is 10.4 Å². The predicted molar refractivity (Wildman–Crippen MR) is 211 cm³/mol. The van der Waals surface area contributed by atoms with Crippen molar-refractivity contribution in [3.05, 3.63) is 97.4 Å². The second kappa shape index (κ2) is 18.7. The van der Waals surface area contributed by atoms with Gasteiger partial charge in [0.2, 0.25) is 0 Å². The number of benzene rings is 2. The van der Waals surface area contributed by atoms with Crippen LogP contribution >= 0.6 is 0 Å². The molecular weight excluding hydrogens is 729 g/mol. The standard InChI is InChI=1S/2C20H24N2O2.H2O4S.2H2O/c2*1-3-13-12-22-9-7-14(13)10-19(22)20(23)16-6-8-21-18-5-4-15(24-2)11-17(16)18;1-5(2,3)4;;/h2*3-6,8,11,13-14,19-20,23H,1,7,9-10,12H2,2H3;(H2,1,2,3,4);2*1H2/t2*13-,14?,19+,20-;;;/m00.../s1. The number of hydrogen-bond donors (Lipinski definition) is 4. The van der Waals surface area contributed by atoms with E-state index in [4.69, 9.17) is 27.0 Å². The Bertz CT molecular complexity index is 1900. The second-order valence-electron chi connectivity index (χ2n) is 14.4. The van der Waals surface area contributed by atoms with Crippen LogP contribution in [0.25, 0.3) is 21.8 Å². The Balaban J connectivity index is 0.000000211. The van der Waals surface area contributed by atoms with Gasteiger partial charge < -0.3 is 30.6 Å². The number of aliphatic hydroxyl groups is 2. The van der Waals surface area contributed by atoms with Crippen molar-refractivity contribution in [2.24, 2.45) is 23.7 Å². The molecule has 6 fully saturated rings. The first-order chi connectivity index (χ1) is 25.4. The minimum atomic E-state index is -4.67. The maximum atomic E-state index is 11.2. The molecule has 2 aromatic heterocycles. The van der Waals surface area contributed by atoms with Crippen LogP contribution in [0.15, 0.2) is 86.2 Å². The Morgan fingerprint density at radius 3 is 1.42 bits per heavy atom. The summed E-state index contributed by atoms with van der Waals surface area (Å²) in [5, 5.41) is 24.3. The monoisotopic (exact) mass is 782 g/mol. The summed E-state index contributed by atoms with van der Waals surface area (Å²) in [5.41, 5.74) is 3.69. The van der Waals surface area contributed by atoms with Crippen molar-refractivity contribution in [3.63, 3.8) is 0 Å². The van der Waals surface area contributed by atoms with Gasteiger partial charge in [0.25, 0.3) is 0 Å². The van der Waals surface area contributed by atoms with E-state index in [-0.39, 0.29) is 23.0 Å². The molecule has 0 aliphatic carbocycles. The summed E-state index contributed by atoms with van der Waals surface area (Å²) in [5.74, 6) is 4.01. The summed E-state index contributed by atoms with van der Waals surface area (Å²) < 4.78 is 42.3. The van der Waals surface area contributed by atoms with Gasteiger partial charge in [-0.25, -0.2) is 0 Å². The predicted octanol–water partition coefficient (Wildman–Crippen LogP) is 4.04. The molecule has 0 saturated carbocycles. The highest BCUT2D eigenvalue weighted by Crippen LogP contribution is 2.43. The molecule has 8 N–H and O–H groups in total. The van der Waals surface area contributed by atoms with Crippen molar-refractivity contribution < 1.29 is 48.2 Å². The number of hydrogen-bond acceptors (Lipinski definition) is 10. The Labute approximate surface area is 322 Å². The molecular formula is C40H54N4O10S. The third kappa shape index (κ3) is 9.86. The third-order valence-electron chi connectivity index (χ3n) is 11.6. The van der Waals surface area contributed by atoms with Crippen LogP contribution in [-0.4, -0.2) is 111 Å². The molecule has 8 heterocycles. The van der Waals surface area contributed by atoms with Crippen molar-refractivity contribution in [2.75, 3.05) is 40.4 Å². The molecule has 10 rings (SSSR count). The van der Waals surface area contributed by atoms with E-state index in [1.165, 1.54) is 12.8 Å². The molecule has 15 heteroatoms. The average Bonchev–Trinajstić information content (AvgIpc) is 3.19. The van der Waals surface area contributed by atoms with E-state index < -0.39 is 22.6 Å². The number of ether oxygens (including phenoxy) is 2. The van der Waals surface area contributed by atoms with Crippen LogP contribution < -0.4 is 9.47 Å². The minimum absolute atomic E-state index is 0. The van der Waals surface area contributed by atoms with Gasteiger partial charge in [-0.1, -0.05) is 12.2 Å². The number of fused-ring (bicyclic) bond motifs is 8. The normalized spacial score (nSPS) is 27.5. The van der Waals surface area contributed by atoms with E-state index in [0.29, 0.717) is 23.7 Å². The van der Waals surface area contributed by atoms with Gasteiger partial charge in [0.15, 0.2) is 0 Å². The quantitative estimate of drug-likeness (QED) is 0.147. The smallest absolute Gasteiger partial charge is 0.394 e. The maximum absolute atomic E-state index is 11.2. The Morgan fingerprint density at radius 1 is 0.727 bits per heavy atom. The lowest BCUT2D eigenvalue weighted by molar-refractivity contribution is -0.0445. The molecule has 6 aliphatic heterocycles. The minimum Gasteiger partial charge on any atom is -0.497 e. The number of methoxy groups -OCH3 is 2. The van der Waals surface area contributed by atoms with Crippen molar-refractivity contribution in [3.8, 4) is 11.5 Å². The first-order valence-electron chi connectivity index (χ1n) is 18.1. The van der Waals surface area contributed by atoms with E-state index in [2.05, 4.69) is 45.1 Å². The SMILES string of the molecule is C=C[C@H]1CN2CCC1C[C@@H]2[C@@H](O)c1ccnc2ccc(OC)cc12.C=C[C@H]1CN2CCC1C[C@@H]2[C@@H](O)c1ccnc2ccc(OC)cc12.O.O.O=S(=O)(O)O. The van der Waals surface area contributed by atoms with E-state index in [1.54, 1.807) is 26.6 Å². The number of piperidine rings is 6. The Hall–Kier alpha value is -4.03. The average molecular weight is 783 g/mol. The van der Waals surface area contributed by atoms with Crippen molar-refractivity contribution in [2.45, 2.75) is 50.0 Å². The van der Waals surface area contributed by atoms with E-state index in [9.17, 15) is 10.2 Å². The summed E-state index contributed by atoms with van der Waals surface area (Å²) in [6.07, 6.45) is 11.2. The summed E-state index contributed by atoms with van der Waals surface area (Å²) in [4.78, 5) is 13.7. The summed E-state index contributed by atoms with van der Waals surface area (Å²) in [6.45, 7) is 12.1. The molecule has 4 bridgehead atoms. The Morgan fingerprint density at radius 2 is 1.11 bits per heavy atom. The molecule has 300 valence electrons. The first kappa shape index (κ1) is 43.7. The molecule has 0 spiro atoms. The molecule has 0 radical (unpaired) electrons. The van der Waals surface area contributed by atoms with Crippen LogP contribution in [0.3, 0.4) is 0 Å². The molecule has 55 heavy (non-hydrogen) atoms. The van der Waals surface area contributed by atoms with Crippen molar-refractivity contribution >= 4 is 32.2 Å². The van der Waals surface area contributed by atoms with E-state index >= 15 is 0 Å². The van der Waals surface area contributed by atoms with Crippen molar-refractivity contribution in [1.82, 2.24) is 19.8 Å². The zero-order chi connectivity index (χ0) is 37.9. The highest BCUT2D eigenvalue weighted by molar-refractivity contribution is 7.79. The third-order valence-corrected chi connectivity index (χ3v) is 11.6. The summed E-state index contributed by atoms with van der Waals surface area (Å²) >= 11 is 0. The van der Waals surface area contributed by atoms with Gasteiger partial charge in [0, 0.05) is 48.3 Å². The van der Waals surface area contributed by atoms with Crippen LogP contribution in [0.2, 0.25) is 0 Å². The highest BCUT2D eigenvalue weighted by Gasteiger charge is 2.43. The van der Waals surface area contributed by atoms with Gasteiger partial charge >= 0.3 is 10.4 Å². The molecule has 0 amide bonds. The zero-order valence-corrected chi connectivity index (χ0v) is 32.1. The number of pyridine rings is 2. The summed E-state index contributed by atoms with van der Waals surface area (Å²) in [7, 11) is -1.34. The van der Waals surface area contributed by atoms with Gasteiger partial charge in [-0.2, -0.15) is 8.42 Å². The fourth-order valence-corrected chi connectivity index (χ4v) is 8.89. The largest absolute Gasteiger partial charge is 0.497 e. The number of aromatic nitrogens is 2. The summed E-state index contributed by atoms with van der Waals surface area (Å²) in [6, 6.07) is 15.9. The van der Waals surface area contributed by atoms with Crippen LogP contribution in [0.5, 0.6) is 11.5 Å². The van der Waals surface area contributed by atoms with Gasteiger partial charge in [-0.15, -0.1) is 13.2 Å². The Kier molecular flexibility index (Phi) is 14.9. The van der Waals surface area contributed by atoms with Gasteiger partial charge in [-0.3, -0.25) is 28.9 Å². The van der Waals surface area contributed by atoms with E-state index in [1.807, 2.05) is 48.5 Å². The molecule has 4 unspecified atom stereocenters. The number of rotatable bonds is 8. The van der Waals surface area contributed by atoms with Crippen LogP contribution in [0, 0.1) is 23.7 Å². The zero-order valence-electron chi connectivity index (χ0n) is 31.2. The maximum Gasteiger partial charge on any atom is 0.394 e. The van der Waals surface area contributed by atoms with Crippen molar-refractivity contribution in [1.29, 1.82) is 0 Å². The van der Waals surface area contributed by atoms with Crippen LogP contribution in [0.4, 0.5) is 0 Å². The molecule has 6 saturated heterocycles. The van der Waals surface area contributed by atoms with Gasteiger partial charge in [-0.05, 0) is 122 Å². The highest BCUT2D eigenvalue weighted by atomic mass is 32.3. The number of aliphatic hydroxyl groups excluding tert-OH is 2. The molecule has 10 atom stereocenters.